The van der Waals surface area contributed by atoms with Crippen LogP contribution in [0.25, 0.3) is 22.4 Å². The molecule has 1 N–H and O–H groups in total. The SMILES string of the molecule is CC(C)c1ccc(COc2ccc(-c3c(-c4ccncc4)nn4c3C(=O)NCC4)cc2F)cc1. The Morgan fingerprint density at radius 2 is 1.82 bits per heavy atom. The van der Waals surface area contributed by atoms with Crippen molar-refractivity contribution in [3.8, 4) is 28.1 Å². The summed E-state index contributed by atoms with van der Waals surface area (Å²) in [7, 11) is 0. The van der Waals surface area contributed by atoms with Crippen LogP contribution in [-0.2, 0) is 13.2 Å². The van der Waals surface area contributed by atoms with Crippen LogP contribution in [0, 0.1) is 5.82 Å². The molecular formula is C27H25FN4O2. The molecule has 1 aliphatic heterocycles. The molecule has 0 saturated carbocycles. The van der Waals surface area contributed by atoms with Crippen LogP contribution in [0.15, 0.2) is 67.0 Å². The van der Waals surface area contributed by atoms with E-state index in [1.165, 1.54) is 11.6 Å². The van der Waals surface area contributed by atoms with Gasteiger partial charge in [0.15, 0.2) is 11.6 Å². The van der Waals surface area contributed by atoms with Crippen LogP contribution in [0.2, 0.25) is 0 Å². The number of amides is 1. The van der Waals surface area contributed by atoms with E-state index in [9.17, 15) is 4.79 Å². The summed E-state index contributed by atoms with van der Waals surface area (Å²) in [6.07, 6.45) is 3.34. The van der Waals surface area contributed by atoms with E-state index in [1.807, 2.05) is 24.3 Å². The van der Waals surface area contributed by atoms with Crippen molar-refractivity contribution in [2.75, 3.05) is 6.54 Å². The van der Waals surface area contributed by atoms with Crippen LogP contribution >= 0.6 is 0 Å². The Morgan fingerprint density at radius 3 is 2.53 bits per heavy atom. The predicted octanol–water partition coefficient (Wildman–Crippen LogP) is 5.20. The van der Waals surface area contributed by atoms with Crippen LogP contribution in [0.1, 0.15) is 41.4 Å². The molecule has 5 rings (SSSR count). The number of hydrogen-bond donors (Lipinski definition) is 1. The maximum atomic E-state index is 15.1. The van der Waals surface area contributed by atoms with Gasteiger partial charge >= 0.3 is 0 Å². The molecule has 3 heterocycles. The molecule has 0 bridgehead atoms. The summed E-state index contributed by atoms with van der Waals surface area (Å²) >= 11 is 0. The third kappa shape index (κ3) is 4.17. The largest absolute Gasteiger partial charge is 0.486 e. The van der Waals surface area contributed by atoms with Crippen LogP contribution < -0.4 is 10.1 Å². The molecule has 1 amide bonds. The molecule has 0 saturated heterocycles. The van der Waals surface area contributed by atoms with Gasteiger partial charge in [-0.05, 0) is 46.9 Å². The molecule has 0 radical (unpaired) electrons. The molecule has 34 heavy (non-hydrogen) atoms. The number of halogens is 1. The van der Waals surface area contributed by atoms with Gasteiger partial charge in [-0.1, -0.05) is 44.2 Å². The summed E-state index contributed by atoms with van der Waals surface area (Å²) in [4.78, 5) is 16.8. The van der Waals surface area contributed by atoms with Gasteiger partial charge in [-0.25, -0.2) is 4.39 Å². The minimum Gasteiger partial charge on any atom is -0.486 e. The van der Waals surface area contributed by atoms with Gasteiger partial charge in [-0.2, -0.15) is 5.10 Å². The third-order valence-electron chi connectivity index (χ3n) is 5.99. The number of ether oxygens (including phenoxy) is 1. The number of benzene rings is 2. The van der Waals surface area contributed by atoms with Crippen LogP contribution in [0.4, 0.5) is 4.39 Å². The summed E-state index contributed by atoms with van der Waals surface area (Å²) in [5, 5.41) is 7.53. The molecule has 7 heteroatoms. The van der Waals surface area contributed by atoms with Crippen molar-refractivity contribution in [3.63, 3.8) is 0 Å². The van der Waals surface area contributed by atoms with Crippen molar-refractivity contribution in [1.29, 1.82) is 0 Å². The first-order chi connectivity index (χ1) is 16.5. The fourth-order valence-electron chi connectivity index (χ4n) is 4.13. The number of nitrogens with one attached hydrogen (secondary N) is 1. The maximum absolute atomic E-state index is 15.1. The number of carbonyl (C=O) groups is 1. The molecule has 0 unspecified atom stereocenters. The van der Waals surface area contributed by atoms with E-state index in [2.05, 4.69) is 41.4 Å². The highest BCUT2D eigenvalue weighted by Crippen LogP contribution is 2.37. The summed E-state index contributed by atoms with van der Waals surface area (Å²) in [5.74, 6) is -0.103. The maximum Gasteiger partial charge on any atom is 0.270 e. The Balaban J connectivity index is 1.46. The van der Waals surface area contributed by atoms with Gasteiger partial charge in [0.1, 0.15) is 18.0 Å². The minimum atomic E-state index is -0.492. The Labute approximate surface area is 197 Å². The van der Waals surface area contributed by atoms with Gasteiger partial charge in [0, 0.05) is 30.1 Å². The number of nitrogens with zero attached hydrogens (tertiary/aromatic N) is 3. The van der Waals surface area contributed by atoms with Crippen molar-refractivity contribution in [2.45, 2.75) is 32.9 Å². The molecule has 4 aromatic rings. The van der Waals surface area contributed by atoms with E-state index in [4.69, 9.17) is 4.74 Å². The lowest BCUT2D eigenvalue weighted by Gasteiger charge is -2.16. The summed E-state index contributed by atoms with van der Waals surface area (Å²) in [5.41, 5.74) is 5.23. The van der Waals surface area contributed by atoms with E-state index in [0.717, 1.165) is 11.1 Å². The number of fused-ring (bicyclic) bond motifs is 1. The van der Waals surface area contributed by atoms with Gasteiger partial charge < -0.3 is 10.1 Å². The second kappa shape index (κ2) is 9.09. The number of hydrogen-bond acceptors (Lipinski definition) is 4. The highest BCUT2D eigenvalue weighted by atomic mass is 19.1. The summed E-state index contributed by atoms with van der Waals surface area (Å²) in [6.45, 7) is 5.61. The van der Waals surface area contributed by atoms with Gasteiger partial charge in [0.2, 0.25) is 0 Å². The number of rotatable bonds is 6. The molecule has 0 fully saturated rings. The number of pyridine rings is 1. The second-order valence-electron chi connectivity index (χ2n) is 8.62. The van der Waals surface area contributed by atoms with Crippen LogP contribution in [-0.4, -0.2) is 27.2 Å². The van der Waals surface area contributed by atoms with E-state index in [0.29, 0.717) is 41.5 Å². The van der Waals surface area contributed by atoms with E-state index < -0.39 is 5.82 Å². The Morgan fingerprint density at radius 1 is 1.06 bits per heavy atom. The first-order valence-corrected chi connectivity index (χ1v) is 11.3. The molecule has 0 atom stereocenters. The van der Waals surface area contributed by atoms with Crippen molar-refractivity contribution < 1.29 is 13.9 Å². The Kier molecular flexibility index (Phi) is 5.84. The quantitative estimate of drug-likeness (QED) is 0.433. The van der Waals surface area contributed by atoms with E-state index >= 15 is 4.39 Å². The van der Waals surface area contributed by atoms with Crippen molar-refractivity contribution in [1.82, 2.24) is 20.1 Å². The minimum absolute atomic E-state index is 0.160. The third-order valence-corrected chi connectivity index (χ3v) is 5.99. The zero-order chi connectivity index (χ0) is 23.7. The highest BCUT2D eigenvalue weighted by molar-refractivity contribution is 6.03. The zero-order valence-corrected chi connectivity index (χ0v) is 19.1. The summed E-state index contributed by atoms with van der Waals surface area (Å²) < 4.78 is 22.6. The first kappa shape index (κ1) is 21.8. The van der Waals surface area contributed by atoms with E-state index in [-0.39, 0.29) is 18.3 Å². The first-order valence-electron chi connectivity index (χ1n) is 11.3. The second-order valence-corrected chi connectivity index (χ2v) is 8.62. The number of carbonyl (C=O) groups excluding carboxylic acids is 1. The van der Waals surface area contributed by atoms with Crippen molar-refractivity contribution in [2.24, 2.45) is 0 Å². The van der Waals surface area contributed by atoms with Crippen LogP contribution in [0.5, 0.6) is 5.75 Å². The fourth-order valence-corrected chi connectivity index (χ4v) is 4.13. The summed E-state index contributed by atoms with van der Waals surface area (Å²) in [6, 6.07) is 16.6. The molecule has 0 spiro atoms. The lowest BCUT2D eigenvalue weighted by atomic mass is 9.98. The molecule has 172 valence electrons. The normalized spacial score (nSPS) is 13.0. The van der Waals surface area contributed by atoms with Gasteiger partial charge in [0.25, 0.3) is 5.91 Å². The average Bonchev–Trinajstić information content (AvgIpc) is 3.25. The van der Waals surface area contributed by atoms with Gasteiger partial charge in [0.05, 0.1) is 6.54 Å². The molecule has 2 aromatic heterocycles. The van der Waals surface area contributed by atoms with Crippen LogP contribution in [0.3, 0.4) is 0 Å². The van der Waals surface area contributed by atoms with Crippen molar-refractivity contribution in [3.05, 3.63) is 89.6 Å². The lowest BCUT2D eigenvalue weighted by Crippen LogP contribution is -2.35. The lowest BCUT2D eigenvalue weighted by molar-refractivity contribution is 0.0925. The van der Waals surface area contributed by atoms with Gasteiger partial charge in [-0.3, -0.25) is 14.5 Å². The van der Waals surface area contributed by atoms with E-state index in [1.54, 1.807) is 29.2 Å². The molecule has 1 aliphatic rings. The molecule has 6 nitrogen and oxygen atoms in total. The topological polar surface area (TPSA) is 69.0 Å². The molecular weight excluding hydrogens is 431 g/mol. The predicted molar refractivity (Wildman–Crippen MR) is 128 cm³/mol. The van der Waals surface area contributed by atoms with Crippen molar-refractivity contribution >= 4 is 5.91 Å². The molecule has 2 aromatic carbocycles. The van der Waals surface area contributed by atoms with Gasteiger partial charge in [-0.15, -0.1) is 0 Å². The average molecular weight is 457 g/mol. The fraction of sp³-hybridized carbons (Fsp3) is 0.222. The monoisotopic (exact) mass is 456 g/mol. The Hall–Kier alpha value is -4.00. The smallest absolute Gasteiger partial charge is 0.270 e. The molecule has 0 aliphatic carbocycles. The highest BCUT2D eigenvalue weighted by Gasteiger charge is 2.28. The number of aromatic nitrogens is 3. The zero-order valence-electron chi connectivity index (χ0n) is 19.1. The standard InChI is InChI=1S/C27H25FN4O2/c1-17(2)19-5-3-18(4-6-19)16-34-23-8-7-21(15-22(23)28)24-25(20-9-11-29-12-10-20)31-32-14-13-30-27(33)26(24)32/h3-12,15,17H,13-14,16H2,1-2H3,(H,30,33). The Bertz CT molecular complexity index is 1330.